The molecule has 0 unspecified atom stereocenters. The topological polar surface area (TPSA) is 37.8 Å². The summed E-state index contributed by atoms with van der Waals surface area (Å²) in [6, 6.07) is 10.3. The van der Waals surface area contributed by atoms with Crippen LogP contribution in [0.25, 0.3) is 10.6 Å². The Kier molecular flexibility index (Phi) is 3.93. The summed E-state index contributed by atoms with van der Waals surface area (Å²) in [5.41, 5.74) is 1.16. The first-order valence-corrected chi connectivity index (χ1v) is 7.88. The number of rotatable bonds is 3. The first kappa shape index (κ1) is 12.1. The van der Waals surface area contributed by atoms with Gasteiger partial charge in [-0.25, -0.2) is 0 Å². The van der Waals surface area contributed by atoms with Crippen molar-refractivity contribution < 1.29 is 0 Å². The molecule has 1 aromatic carbocycles. The van der Waals surface area contributed by atoms with E-state index in [2.05, 4.69) is 27.6 Å². The highest BCUT2D eigenvalue weighted by atomic mass is 32.2. The number of piperidine rings is 1. The van der Waals surface area contributed by atoms with Gasteiger partial charge < -0.3 is 5.32 Å². The van der Waals surface area contributed by atoms with Crippen LogP contribution in [0.2, 0.25) is 0 Å². The van der Waals surface area contributed by atoms with E-state index in [1.54, 1.807) is 11.3 Å². The Labute approximate surface area is 115 Å². The third-order valence-corrected chi connectivity index (χ3v) is 5.37. The summed E-state index contributed by atoms with van der Waals surface area (Å²) in [4.78, 5) is 0. The molecule has 2 heterocycles. The van der Waals surface area contributed by atoms with Gasteiger partial charge in [-0.15, -0.1) is 10.2 Å². The SMILES string of the molecule is c1ccc(-c2nnc(SC3CCNCC3)s2)cc1. The molecule has 1 aromatic heterocycles. The Bertz CT molecular complexity index is 492. The lowest BCUT2D eigenvalue weighted by Crippen LogP contribution is -2.29. The number of benzene rings is 1. The van der Waals surface area contributed by atoms with Gasteiger partial charge >= 0.3 is 0 Å². The lowest BCUT2D eigenvalue weighted by molar-refractivity contribution is 0.531. The number of hydrogen-bond donors (Lipinski definition) is 1. The van der Waals surface area contributed by atoms with E-state index in [0.29, 0.717) is 5.25 Å². The zero-order chi connectivity index (χ0) is 12.2. The van der Waals surface area contributed by atoms with E-state index in [-0.39, 0.29) is 0 Å². The zero-order valence-electron chi connectivity index (χ0n) is 10.0. The molecule has 0 spiro atoms. The molecule has 94 valence electrons. The second-order valence-corrected chi connectivity index (χ2v) is 6.83. The van der Waals surface area contributed by atoms with Crippen LogP contribution in [0.5, 0.6) is 0 Å². The molecule has 0 amide bonds. The van der Waals surface area contributed by atoms with Gasteiger partial charge in [0.15, 0.2) is 4.34 Å². The molecule has 1 aliphatic heterocycles. The monoisotopic (exact) mass is 277 g/mol. The van der Waals surface area contributed by atoms with Gasteiger partial charge in [-0.2, -0.15) is 0 Å². The van der Waals surface area contributed by atoms with E-state index < -0.39 is 0 Å². The minimum Gasteiger partial charge on any atom is -0.317 e. The molecule has 0 bridgehead atoms. The molecule has 1 fully saturated rings. The fraction of sp³-hybridized carbons (Fsp3) is 0.385. The van der Waals surface area contributed by atoms with Gasteiger partial charge in [-0.3, -0.25) is 0 Å². The Morgan fingerprint density at radius 2 is 1.89 bits per heavy atom. The Hall–Kier alpha value is -0.910. The third-order valence-electron chi connectivity index (χ3n) is 2.98. The van der Waals surface area contributed by atoms with Gasteiger partial charge in [0.1, 0.15) is 5.01 Å². The lowest BCUT2D eigenvalue weighted by Gasteiger charge is -2.20. The van der Waals surface area contributed by atoms with Gasteiger partial charge in [-0.1, -0.05) is 53.4 Å². The standard InChI is InChI=1S/C13H15N3S2/c1-2-4-10(5-3-1)12-15-16-13(18-12)17-11-6-8-14-9-7-11/h1-5,11,14H,6-9H2. The van der Waals surface area contributed by atoms with Crippen molar-refractivity contribution in [3.05, 3.63) is 30.3 Å². The van der Waals surface area contributed by atoms with Crippen LogP contribution in [-0.4, -0.2) is 28.5 Å². The molecule has 5 heteroatoms. The highest BCUT2D eigenvalue weighted by molar-refractivity contribution is 8.01. The number of hydrogen-bond acceptors (Lipinski definition) is 5. The summed E-state index contributed by atoms with van der Waals surface area (Å²) in [5, 5.41) is 13.7. The second kappa shape index (κ2) is 5.82. The van der Waals surface area contributed by atoms with E-state index in [9.17, 15) is 0 Å². The first-order chi connectivity index (χ1) is 8.92. The number of nitrogens with zero attached hydrogens (tertiary/aromatic N) is 2. The summed E-state index contributed by atoms with van der Waals surface area (Å²) in [6.07, 6.45) is 2.45. The Balaban J connectivity index is 1.69. The normalized spacial score (nSPS) is 16.9. The van der Waals surface area contributed by atoms with Gasteiger partial charge in [0, 0.05) is 10.8 Å². The van der Waals surface area contributed by atoms with Crippen LogP contribution in [0.15, 0.2) is 34.7 Å². The molecule has 0 aliphatic carbocycles. The van der Waals surface area contributed by atoms with Crippen molar-refractivity contribution >= 4 is 23.1 Å². The molecule has 0 atom stereocenters. The van der Waals surface area contributed by atoms with Gasteiger partial charge in [-0.05, 0) is 25.9 Å². The van der Waals surface area contributed by atoms with Crippen molar-refractivity contribution in [3.8, 4) is 10.6 Å². The minimum atomic E-state index is 0.697. The second-order valence-electron chi connectivity index (χ2n) is 4.31. The lowest BCUT2D eigenvalue weighted by atomic mass is 10.2. The molecule has 2 aromatic rings. The predicted octanol–water partition coefficient (Wildman–Crippen LogP) is 3.05. The Morgan fingerprint density at radius 1 is 1.11 bits per heavy atom. The molecular formula is C13H15N3S2. The largest absolute Gasteiger partial charge is 0.317 e. The molecule has 1 aliphatic rings. The van der Waals surface area contributed by atoms with Gasteiger partial charge in [0.25, 0.3) is 0 Å². The maximum absolute atomic E-state index is 4.30. The van der Waals surface area contributed by atoms with Crippen LogP contribution in [-0.2, 0) is 0 Å². The van der Waals surface area contributed by atoms with Crippen molar-refractivity contribution in [1.29, 1.82) is 0 Å². The number of thioether (sulfide) groups is 1. The van der Waals surface area contributed by atoms with Crippen LogP contribution in [0.4, 0.5) is 0 Å². The van der Waals surface area contributed by atoms with Crippen molar-refractivity contribution in [3.63, 3.8) is 0 Å². The molecule has 0 saturated carbocycles. The van der Waals surface area contributed by atoms with Crippen LogP contribution in [0, 0.1) is 0 Å². The van der Waals surface area contributed by atoms with Crippen molar-refractivity contribution in [1.82, 2.24) is 15.5 Å². The average Bonchev–Trinajstić information content (AvgIpc) is 2.89. The van der Waals surface area contributed by atoms with Crippen molar-refractivity contribution in [2.24, 2.45) is 0 Å². The van der Waals surface area contributed by atoms with Crippen LogP contribution >= 0.6 is 23.1 Å². The van der Waals surface area contributed by atoms with Gasteiger partial charge in [0.2, 0.25) is 0 Å². The summed E-state index contributed by atoms with van der Waals surface area (Å²) in [6.45, 7) is 2.25. The maximum Gasteiger partial charge on any atom is 0.174 e. The zero-order valence-corrected chi connectivity index (χ0v) is 11.6. The maximum atomic E-state index is 4.30. The smallest absolute Gasteiger partial charge is 0.174 e. The summed E-state index contributed by atoms with van der Waals surface area (Å²) >= 11 is 3.58. The molecule has 1 N–H and O–H groups in total. The molecule has 0 radical (unpaired) electrons. The van der Waals surface area contributed by atoms with E-state index in [1.165, 1.54) is 12.8 Å². The highest BCUT2D eigenvalue weighted by Crippen LogP contribution is 2.34. The summed E-state index contributed by atoms with van der Waals surface area (Å²) in [5.74, 6) is 0. The van der Waals surface area contributed by atoms with E-state index >= 15 is 0 Å². The molecule has 3 nitrogen and oxygen atoms in total. The van der Waals surface area contributed by atoms with Crippen molar-refractivity contribution in [2.45, 2.75) is 22.4 Å². The van der Waals surface area contributed by atoms with Gasteiger partial charge in [0.05, 0.1) is 0 Å². The minimum absolute atomic E-state index is 0.697. The van der Waals surface area contributed by atoms with E-state index in [1.807, 2.05) is 30.0 Å². The number of nitrogens with one attached hydrogen (secondary N) is 1. The van der Waals surface area contributed by atoms with Crippen LogP contribution in [0.3, 0.4) is 0 Å². The van der Waals surface area contributed by atoms with Crippen LogP contribution < -0.4 is 5.32 Å². The number of aromatic nitrogens is 2. The highest BCUT2D eigenvalue weighted by Gasteiger charge is 2.16. The molecule has 1 saturated heterocycles. The fourth-order valence-corrected chi connectivity index (χ4v) is 4.28. The molecular weight excluding hydrogens is 262 g/mol. The van der Waals surface area contributed by atoms with Crippen LogP contribution in [0.1, 0.15) is 12.8 Å². The third kappa shape index (κ3) is 2.91. The fourth-order valence-electron chi connectivity index (χ4n) is 2.01. The summed E-state index contributed by atoms with van der Waals surface area (Å²) in [7, 11) is 0. The quantitative estimate of drug-likeness (QED) is 0.936. The summed E-state index contributed by atoms with van der Waals surface area (Å²) < 4.78 is 1.10. The predicted molar refractivity (Wildman–Crippen MR) is 77.1 cm³/mol. The Morgan fingerprint density at radius 3 is 2.67 bits per heavy atom. The average molecular weight is 277 g/mol. The van der Waals surface area contributed by atoms with E-state index in [4.69, 9.17) is 0 Å². The molecule has 3 rings (SSSR count). The van der Waals surface area contributed by atoms with Crippen molar-refractivity contribution in [2.75, 3.05) is 13.1 Å². The van der Waals surface area contributed by atoms with E-state index in [0.717, 1.165) is 28.0 Å². The first-order valence-electron chi connectivity index (χ1n) is 6.18. The molecule has 18 heavy (non-hydrogen) atoms.